The van der Waals surface area contributed by atoms with E-state index in [9.17, 15) is 28.3 Å². The molecule has 0 unspecified atom stereocenters. The van der Waals surface area contributed by atoms with Crippen LogP contribution in [0.1, 0.15) is 6.42 Å². The molecule has 3 atom stereocenters. The van der Waals surface area contributed by atoms with Gasteiger partial charge in [-0.15, -0.1) is 0 Å². The van der Waals surface area contributed by atoms with Crippen molar-refractivity contribution < 1.29 is 77.4 Å². The number of nitrogens with two attached hydrogens (primary N) is 3. The van der Waals surface area contributed by atoms with Gasteiger partial charge >= 0.3 is 39.5 Å². The molecule has 184 valence electrons. The molecule has 31 heavy (non-hydrogen) atoms. The normalized spacial score (nSPS) is 13.9. The highest BCUT2D eigenvalue weighted by atomic mass is 31.2. The molecule has 0 aromatic carbocycles. The Morgan fingerprint density at radius 3 is 1.03 bits per heavy atom. The first-order chi connectivity index (χ1) is 13.7. The van der Waals surface area contributed by atoms with Crippen molar-refractivity contribution in [1.29, 1.82) is 0 Å². The van der Waals surface area contributed by atoms with Crippen LogP contribution in [0.15, 0.2) is 0 Å². The first kappa shape index (κ1) is 33.6. The number of carboxylic acids is 4. The summed E-state index contributed by atoms with van der Waals surface area (Å²) in [5.41, 5.74) is 14.5. The van der Waals surface area contributed by atoms with Gasteiger partial charge in [-0.2, -0.15) is 0 Å². The number of phosphoric acid groups is 2. The van der Waals surface area contributed by atoms with Crippen LogP contribution in [0.25, 0.3) is 0 Å². The predicted molar refractivity (Wildman–Crippen MR) is 95.1 cm³/mol. The van der Waals surface area contributed by atoms with E-state index in [2.05, 4.69) is 9.05 Å². The molecule has 0 rings (SSSR count). The van der Waals surface area contributed by atoms with E-state index in [1.54, 1.807) is 0 Å². The number of carboxylic acid groups (broad SMARTS) is 4. The van der Waals surface area contributed by atoms with Crippen molar-refractivity contribution in [3.63, 3.8) is 0 Å². The Morgan fingerprint density at radius 2 is 0.903 bits per heavy atom. The molecule has 0 heterocycles. The monoisotopic (exact) mass is 503 g/mol. The van der Waals surface area contributed by atoms with Crippen LogP contribution in [0.5, 0.6) is 0 Å². The quantitative estimate of drug-likeness (QED) is 0.119. The molecule has 0 saturated heterocycles. The van der Waals surface area contributed by atoms with E-state index in [1.807, 2.05) is 0 Å². The summed E-state index contributed by atoms with van der Waals surface area (Å²) in [7, 11) is -9.21. The fraction of sp³-hybridized carbons (Fsp3) is 0.600. The van der Waals surface area contributed by atoms with Crippen LogP contribution in [-0.2, 0) is 37.4 Å². The van der Waals surface area contributed by atoms with Gasteiger partial charge in [0.1, 0.15) is 18.1 Å². The zero-order chi connectivity index (χ0) is 25.6. The van der Waals surface area contributed by atoms with Crippen LogP contribution in [0, 0.1) is 0 Å². The minimum absolute atomic E-state index is 0.532. The summed E-state index contributed by atoms with van der Waals surface area (Å²) in [5.74, 6) is -5.25. The standard InChI is InChI=1S/C4H7NO4.2C3H8NO6P/c5-2(4(8)9)1-3(6)7;2*4-2(3(5)6)1-10-11(7,8)9/h2H,1,5H2,(H,6,7)(H,8,9);2*2H,1,4H2,(H,5,6)(H2,7,8,9)/t3*2-/m000/s1. The van der Waals surface area contributed by atoms with Crippen LogP contribution in [0.4, 0.5) is 0 Å². The van der Waals surface area contributed by atoms with Crippen LogP contribution in [0.3, 0.4) is 0 Å². The summed E-state index contributed by atoms with van der Waals surface area (Å²) in [4.78, 5) is 71.9. The number of phosphoric ester groups is 2. The molecule has 0 spiro atoms. The smallest absolute Gasteiger partial charge is 0.469 e. The molecule has 0 fully saturated rings. The first-order valence-electron chi connectivity index (χ1n) is 7.26. The van der Waals surface area contributed by atoms with E-state index in [4.69, 9.17) is 57.2 Å². The van der Waals surface area contributed by atoms with Gasteiger partial charge < -0.3 is 57.2 Å². The molecule has 0 aliphatic rings. The molecule has 21 heteroatoms. The van der Waals surface area contributed by atoms with Gasteiger partial charge in [-0.1, -0.05) is 0 Å². The lowest BCUT2D eigenvalue weighted by Crippen LogP contribution is -2.34. The summed E-state index contributed by atoms with van der Waals surface area (Å²) >= 11 is 0. The highest BCUT2D eigenvalue weighted by molar-refractivity contribution is 7.46. The molecule has 0 amide bonds. The Bertz CT molecular complexity index is 647. The second kappa shape index (κ2) is 15.7. The summed E-state index contributed by atoms with van der Waals surface area (Å²) in [6.07, 6.45) is -0.532. The molecular weight excluding hydrogens is 480 g/mol. The molecule has 14 N–H and O–H groups in total. The van der Waals surface area contributed by atoms with E-state index in [0.29, 0.717) is 0 Å². The summed E-state index contributed by atoms with van der Waals surface area (Å²) < 4.78 is 27.6. The zero-order valence-electron chi connectivity index (χ0n) is 15.3. The molecule has 0 aromatic rings. The Labute approximate surface area is 172 Å². The Balaban J connectivity index is -0.000000382. The highest BCUT2D eigenvalue weighted by Gasteiger charge is 2.20. The van der Waals surface area contributed by atoms with Gasteiger partial charge in [-0.25, -0.2) is 9.13 Å². The highest BCUT2D eigenvalue weighted by Crippen LogP contribution is 2.35. The minimum atomic E-state index is -4.60. The molecule has 0 aromatic heterocycles. The maximum absolute atomic E-state index is 9.98. The predicted octanol–water partition coefficient (Wildman–Crippen LogP) is -4.11. The van der Waals surface area contributed by atoms with Crippen LogP contribution in [-0.4, -0.2) is 95.2 Å². The van der Waals surface area contributed by atoms with Gasteiger partial charge in [-0.05, 0) is 0 Å². The fourth-order valence-electron chi connectivity index (χ4n) is 0.773. The molecule has 19 nitrogen and oxygen atoms in total. The van der Waals surface area contributed by atoms with Gasteiger partial charge in [0.25, 0.3) is 0 Å². The number of hydrogen-bond acceptors (Lipinski definition) is 11. The summed E-state index contributed by atoms with van der Waals surface area (Å²) in [6.45, 7) is -1.42. The van der Waals surface area contributed by atoms with E-state index in [-0.39, 0.29) is 0 Å². The maximum atomic E-state index is 9.98. The second-order valence-electron chi connectivity index (χ2n) is 5.00. The van der Waals surface area contributed by atoms with Gasteiger partial charge in [-0.3, -0.25) is 28.2 Å². The molecule has 0 bridgehead atoms. The lowest BCUT2D eigenvalue weighted by Gasteiger charge is -2.07. The number of hydrogen-bond donors (Lipinski definition) is 11. The third-order valence-corrected chi connectivity index (χ3v) is 3.16. The van der Waals surface area contributed by atoms with Crippen molar-refractivity contribution in [3.8, 4) is 0 Å². The van der Waals surface area contributed by atoms with Gasteiger partial charge in [0.15, 0.2) is 0 Å². The van der Waals surface area contributed by atoms with Crippen molar-refractivity contribution in [2.24, 2.45) is 17.2 Å². The lowest BCUT2D eigenvalue weighted by molar-refractivity contribution is -0.144. The first-order valence-corrected chi connectivity index (χ1v) is 10.3. The summed E-state index contributed by atoms with van der Waals surface area (Å²) in [5, 5.41) is 32.3. The van der Waals surface area contributed by atoms with E-state index >= 15 is 0 Å². The third-order valence-electron chi connectivity index (χ3n) is 2.19. The van der Waals surface area contributed by atoms with Crippen molar-refractivity contribution in [3.05, 3.63) is 0 Å². The van der Waals surface area contributed by atoms with E-state index < -0.39 is 77.3 Å². The molecule has 0 saturated carbocycles. The van der Waals surface area contributed by atoms with Gasteiger partial charge in [0.2, 0.25) is 0 Å². The zero-order valence-corrected chi connectivity index (χ0v) is 17.1. The topological polar surface area (TPSA) is 361 Å². The number of carbonyl (C=O) groups is 4. The number of rotatable bonds is 11. The van der Waals surface area contributed by atoms with Crippen molar-refractivity contribution >= 4 is 39.5 Å². The van der Waals surface area contributed by atoms with Crippen LogP contribution >= 0.6 is 15.6 Å². The Hall–Kier alpha value is -2.02. The van der Waals surface area contributed by atoms with Crippen LogP contribution < -0.4 is 17.2 Å². The molecule has 0 aliphatic carbocycles. The molecule has 0 aliphatic heterocycles. The Morgan fingerprint density at radius 1 is 0.645 bits per heavy atom. The average Bonchev–Trinajstić information content (AvgIpc) is 2.56. The van der Waals surface area contributed by atoms with Crippen molar-refractivity contribution in [2.75, 3.05) is 13.2 Å². The molecular formula is C10H23N3O16P2. The van der Waals surface area contributed by atoms with Crippen molar-refractivity contribution in [2.45, 2.75) is 24.5 Å². The number of aliphatic carboxylic acids is 4. The lowest BCUT2D eigenvalue weighted by atomic mass is 10.2. The fourth-order valence-corrected chi connectivity index (χ4v) is 1.48. The minimum Gasteiger partial charge on any atom is -0.481 e. The summed E-state index contributed by atoms with van der Waals surface area (Å²) in [6, 6.07) is -4.12. The second-order valence-corrected chi connectivity index (χ2v) is 7.48. The Kier molecular flexibility index (Phi) is 17.1. The van der Waals surface area contributed by atoms with Crippen LogP contribution in [0.2, 0.25) is 0 Å². The molecule has 0 radical (unpaired) electrons. The maximum Gasteiger partial charge on any atom is 0.469 e. The third kappa shape index (κ3) is 28.0. The largest absolute Gasteiger partial charge is 0.481 e. The van der Waals surface area contributed by atoms with E-state index in [1.165, 1.54) is 0 Å². The van der Waals surface area contributed by atoms with Crippen molar-refractivity contribution in [1.82, 2.24) is 0 Å². The van der Waals surface area contributed by atoms with Gasteiger partial charge in [0, 0.05) is 0 Å². The van der Waals surface area contributed by atoms with Gasteiger partial charge in [0.05, 0.1) is 19.6 Å². The average molecular weight is 503 g/mol. The van der Waals surface area contributed by atoms with E-state index in [0.717, 1.165) is 0 Å². The SMILES string of the molecule is N[C@@H](CC(=O)O)C(=O)O.N[C@@H](COP(=O)(O)O)C(=O)O.N[C@@H](COP(=O)(O)O)C(=O)O.